The lowest BCUT2D eigenvalue weighted by atomic mass is 10.0. The van der Waals surface area contributed by atoms with Gasteiger partial charge in [0.25, 0.3) is 0 Å². The van der Waals surface area contributed by atoms with E-state index >= 15 is 0 Å². The maximum absolute atomic E-state index is 13.8. The van der Waals surface area contributed by atoms with Gasteiger partial charge in [-0.15, -0.1) is 0 Å². The number of carbonyl (C=O) groups is 3. The topological polar surface area (TPSA) is 74.1 Å². The van der Waals surface area contributed by atoms with Gasteiger partial charge >= 0.3 is 11.9 Å². The second-order valence-electron chi connectivity index (χ2n) is 8.31. The van der Waals surface area contributed by atoms with Crippen LogP contribution in [0.15, 0.2) is 66.7 Å². The number of ether oxygens (including phenoxy) is 2. The minimum Gasteiger partial charge on any atom is -0.459 e. The third-order valence-electron chi connectivity index (χ3n) is 5.15. The smallest absolute Gasteiger partial charge is 0.341 e. The van der Waals surface area contributed by atoms with Gasteiger partial charge in [0.05, 0.1) is 23.2 Å². The molecular formula is C27H25NO5. The maximum atomic E-state index is 13.8. The molecule has 4 aromatic rings. The van der Waals surface area contributed by atoms with Crippen LogP contribution in [0.1, 0.15) is 64.5 Å². The Morgan fingerprint density at radius 2 is 1.24 bits per heavy atom. The van der Waals surface area contributed by atoms with E-state index in [0.717, 1.165) is 5.39 Å². The number of ketones is 1. The first-order valence-electron chi connectivity index (χ1n) is 10.9. The molecule has 2 aromatic heterocycles. The highest BCUT2D eigenvalue weighted by Gasteiger charge is 2.34. The number of carbonyl (C=O) groups excluding carboxylic acids is 3. The minimum atomic E-state index is -0.743. The Hall–Kier alpha value is -3.93. The Bertz CT molecular complexity index is 1370. The van der Waals surface area contributed by atoms with Crippen LogP contribution in [0.5, 0.6) is 0 Å². The van der Waals surface area contributed by atoms with Gasteiger partial charge in [0, 0.05) is 5.56 Å². The van der Waals surface area contributed by atoms with Crippen molar-refractivity contribution >= 4 is 34.1 Å². The highest BCUT2D eigenvalue weighted by atomic mass is 16.5. The van der Waals surface area contributed by atoms with Crippen LogP contribution in [0, 0.1) is 0 Å². The van der Waals surface area contributed by atoms with E-state index in [1.54, 1.807) is 62.4 Å². The summed E-state index contributed by atoms with van der Waals surface area (Å²) in [5.74, 6) is -1.81. The number of nitrogens with zero attached hydrogens (tertiary/aromatic N) is 1. The first-order valence-corrected chi connectivity index (χ1v) is 10.9. The molecule has 2 heterocycles. The van der Waals surface area contributed by atoms with Crippen molar-refractivity contribution < 1.29 is 23.9 Å². The van der Waals surface area contributed by atoms with E-state index in [0.29, 0.717) is 16.6 Å². The lowest BCUT2D eigenvalue weighted by Crippen LogP contribution is -2.20. The molecule has 0 atom stereocenters. The molecule has 0 aliphatic carbocycles. The van der Waals surface area contributed by atoms with Gasteiger partial charge in [-0.3, -0.25) is 4.79 Å². The third-order valence-corrected chi connectivity index (χ3v) is 5.15. The average molecular weight is 443 g/mol. The molecule has 0 unspecified atom stereocenters. The number of hydrogen-bond donors (Lipinski definition) is 0. The normalized spacial score (nSPS) is 11.3. The predicted octanol–water partition coefficient (Wildman–Crippen LogP) is 5.45. The first-order chi connectivity index (χ1) is 15.8. The SMILES string of the molecule is CC(C)OC(=O)c1c(C(=O)OC(C)C)c2ccc3ccccc3n2c1C(=O)c1ccccc1. The molecule has 0 saturated heterocycles. The van der Waals surface area contributed by atoms with Crippen molar-refractivity contribution in [1.29, 1.82) is 0 Å². The van der Waals surface area contributed by atoms with Gasteiger partial charge in [-0.2, -0.15) is 0 Å². The molecule has 0 radical (unpaired) electrons. The quantitative estimate of drug-likeness (QED) is 0.292. The molecule has 0 aliphatic heterocycles. The zero-order valence-corrected chi connectivity index (χ0v) is 19.0. The highest BCUT2D eigenvalue weighted by molar-refractivity contribution is 6.20. The molecule has 0 bridgehead atoms. The predicted molar refractivity (Wildman–Crippen MR) is 126 cm³/mol. The molecule has 33 heavy (non-hydrogen) atoms. The number of hydrogen-bond acceptors (Lipinski definition) is 5. The molecular weight excluding hydrogens is 418 g/mol. The van der Waals surface area contributed by atoms with Crippen molar-refractivity contribution in [2.45, 2.75) is 39.9 Å². The molecule has 0 saturated carbocycles. The second kappa shape index (κ2) is 8.90. The van der Waals surface area contributed by atoms with Gasteiger partial charge in [0.1, 0.15) is 16.8 Å². The first kappa shape index (κ1) is 22.3. The van der Waals surface area contributed by atoms with Gasteiger partial charge in [0.15, 0.2) is 0 Å². The van der Waals surface area contributed by atoms with E-state index in [1.807, 2.05) is 36.4 Å². The van der Waals surface area contributed by atoms with Gasteiger partial charge in [0.2, 0.25) is 5.78 Å². The molecule has 6 nitrogen and oxygen atoms in total. The summed E-state index contributed by atoms with van der Waals surface area (Å²) in [4.78, 5) is 40.4. The summed E-state index contributed by atoms with van der Waals surface area (Å²) in [6.07, 6.45) is -0.846. The van der Waals surface area contributed by atoms with Crippen LogP contribution >= 0.6 is 0 Å². The van der Waals surface area contributed by atoms with E-state index in [-0.39, 0.29) is 22.6 Å². The van der Waals surface area contributed by atoms with E-state index in [9.17, 15) is 14.4 Å². The van der Waals surface area contributed by atoms with Gasteiger partial charge in [-0.25, -0.2) is 9.59 Å². The Labute approximate surface area is 191 Å². The summed E-state index contributed by atoms with van der Waals surface area (Å²) in [5.41, 5.74) is 1.52. The molecule has 6 heteroatoms. The van der Waals surface area contributed by atoms with E-state index in [1.165, 1.54) is 0 Å². The van der Waals surface area contributed by atoms with Crippen molar-refractivity contribution in [2.24, 2.45) is 0 Å². The van der Waals surface area contributed by atoms with Crippen molar-refractivity contribution in [3.8, 4) is 0 Å². The van der Waals surface area contributed by atoms with Crippen LogP contribution in [0.2, 0.25) is 0 Å². The lowest BCUT2D eigenvalue weighted by molar-refractivity contribution is 0.0330. The summed E-state index contributed by atoms with van der Waals surface area (Å²) in [7, 11) is 0. The second-order valence-corrected chi connectivity index (χ2v) is 8.31. The monoisotopic (exact) mass is 443 g/mol. The van der Waals surface area contributed by atoms with Crippen LogP contribution < -0.4 is 0 Å². The number of aromatic nitrogens is 1. The summed E-state index contributed by atoms with van der Waals surface area (Å²) >= 11 is 0. The number of esters is 2. The number of para-hydroxylation sites is 1. The maximum Gasteiger partial charge on any atom is 0.341 e. The fourth-order valence-electron chi connectivity index (χ4n) is 3.89. The Morgan fingerprint density at radius 1 is 0.667 bits per heavy atom. The Kier molecular flexibility index (Phi) is 6.01. The fraction of sp³-hybridized carbons (Fsp3) is 0.222. The van der Waals surface area contributed by atoms with Gasteiger partial charge in [-0.05, 0) is 45.2 Å². The molecule has 2 aromatic carbocycles. The van der Waals surface area contributed by atoms with Gasteiger partial charge in [-0.1, -0.05) is 54.6 Å². The molecule has 0 amide bonds. The van der Waals surface area contributed by atoms with Gasteiger partial charge < -0.3 is 13.9 Å². The van der Waals surface area contributed by atoms with Crippen LogP contribution in [-0.2, 0) is 9.47 Å². The molecule has 0 spiro atoms. The third kappa shape index (κ3) is 4.12. The minimum absolute atomic E-state index is 0.0272. The number of pyridine rings is 1. The zero-order valence-electron chi connectivity index (χ0n) is 19.0. The van der Waals surface area contributed by atoms with Crippen LogP contribution in [0.4, 0.5) is 0 Å². The molecule has 0 N–H and O–H groups in total. The summed E-state index contributed by atoms with van der Waals surface area (Å²) < 4.78 is 12.6. The zero-order chi connectivity index (χ0) is 23.7. The average Bonchev–Trinajstić information content (AvgIpc) is 3.14. The van der Waals surface area contributed by atoms with Crippen LogP contribution in [-0.4, -0.2) is 34.3 Å². The number of benzene rings is 2. The Morgan fingerprint density at radius 3 is 1.88 bits per heavy atom. The lowest BCUT2D eigenvalue weighted by Gasteiger charge is -2.12. The number of fused-ring (bicyclic) bond motifs is 3. The number of rotatable bonds is 6. The summed E-state index contributed by atoms with van der Waals surface area (Å²) in [6, 6.07) is 19.7. The summed E-state index contributed by atoms with van der Waals surface area (Å²) in [5, 5.41) is 0.856. The van der Waals surface area contributed by atoms with E-state index in [2.05, 4.69) is 0 Å². The fourth-order valence-corrected chi connectivity index (χ4v) is 3.89. The molecule has 168 valence electrons. The van der Waals surface area contributed by atoms with E-state index < -0.39 is 24.1 Å². The largest absolute Gasteiger partial charge is 0.459 e. The summed E-state index contributed by atoms with van der Waals surface area (Å²) in [6.45, 7) is 6.89. The Balaban J connectivity index is 2.15. The van der Waals surface area contributed by atoms with Crippen molar-refractivity contribution in [3.63, 3.8) is 0 Å². The van der Waals surface area contributed by atoms with Crippen molar-refractivity contribution in [2.75, 3.05) is 0 Å². The van der Waals surface area contributed by atoms with Crippen LogP contribution in [0.25, 0.3) is 16.4 Å². The van der Waals surface area contributed by atoms with Crippen molar-refractivity contribution in [3.05, 3.63) is 89.1 Å². The highest BCUT2D eigenvalue weighted by Crippen LogP contribution is 2.32. The van der Waals surface area contributed by atoms with Crippen LogP contribution in [0.3, 0.4) is 0 Å². The molecule has 0 fully saturated rings. The molecule has 4 rings (SSSR count). The van der Waals surface area contributed by atoms with E-state index in [4.69, 9.17) is 9.47 Å². The van der Waals surface area contributed by atoms with Crippen molar-refractivity contribution in [1.82, 2.24) is 4.40 Å². The molecule has 0 aliphatic rings. The standard InChI is InChI=1S/C27H25NO5/c1-16(2)32-26(30)22-21-15-14-18-10-8-9-13-20(18)28(21)24(23(22)27(31)33-17(3)4)25(29)19-11-6-5-7-12-19/h5-17H,1-4H3.